The van der Waals surface area contributed by atoms with Gasteiger partial charge in [-0.25, -0.2) is 0 Å². The van der Waals surface area contributed by atoms with E-state index in [1.807, 2.05) is 25.1 Å². The second kappa shape index (κ2) is 13.4. The Morgan fingerprint density at radius 2 is 1.70 bits per heavy atom. The average molecular weight is 317 g/mol. The molecule has 0 heterocycles. The maximum Gasteiger partial charge on any atom is 0.276 e. The molecule has 0 aliphatic heterocycles. The zero-order valence-electron chi connectivity index (χ0n) is 14.9. The number of methoxy groups -OCH3 is 3. The van der Waals surface area contributed by atoms with Crippen molar-refractivity contribution in [3.8, 4) is 11.8 Å². The molecule has 0 aliphatic rings. The van der Waals surface area contributed by atoms with Crippen molar-refractivity contribution in [3.05, 3.63) is 47.9 Å². The van der Waals surface area contributed by atoms with Crippen LogP contribution in [0.4, 0.5) is 0 Å². The molecule has 2 atom stereocenters. The second-order valence-corrected chi connectivity index (χ2v) is 4.59. The first-order valence-electron chi connectivity index (χ1n) is 7.40. The van der Waals surface area contributed by atoms with Crippen LogP contribution in [0.5, 0.6) is 0 Å². The third-order valence-corrected chi connectivity index (χ3v) is 2.93. The summed E-state index contributed by atoms with van der Waals surface area (Å²) in [5, 5.41) is 0. The molecule has 0 bridgehead atoms. The Labute approximate surface area is 140 Å². The number of benzene rings is 1. The summed E-state index contributed by atoms with van der Waals surface area (Å²) >= 11 is 0. The van der Waals surface area contributed by atoms with Crippen LogP contribution in [0.3, 0.4) is 0 Å². The van der Waals surface area contributed by atoms with Gasteiger partial charge in [0.1, 0.15) is 0 Å². The van der Waals surface area contributed by atoms with Gasteiger partial charge in [-0.15, -0.1) is 5.92 Å². The van der Waals surface area contributed by atoms with E-state index in [2.05, 4.69) is 35.9 Å². The second-order valence-electron chi connectivity index (χ2n) is 4.59. The minimum atomic E-state index is 0.0231. The van der Waals surface area contributed by atoms with Gasteiger partial charge in [-0.3, -0.25) is 4.99 Å². The Kier molecular flexibility index (Phi) is 12.1. The molecular formula is C19H27NO3. The van der Waals surface area contributed by atoms with Crippen LogP contribution < -0.4 is 0 Å². The number of rotatable bonds is 6. The van der Waals surface area contributed by atoms with E-state index in [1.54, 1.807) is 40.5 Å². The van der Waals surface area contributed by atoms with Gasteiger partial charge >= 0.3 is 0 Å². The van der Waals surface area contributed by atoms with Crippen molar-refractivity contribution in [2.45, 2.75) is 32.9 Å². The topological polar surface area (TPSA) is 40.0 Å². The molecule has 0 aliphatic carbocycles. The third-order valence-electron chi connectivity index (χ3n) is 2.93. The van der Waals surface area contributed by atoms with Crippen molar-refractivity contribution in [1.29, 1.82) is 0 Å². The molecule has 0 aromatic heterocycles. The normalized spacial score (nSPS) is 12.1. The predicted octanol–water partition coefficient (Wildman–Crippen LogP) is 4.00. The lowest BCUT2D eigenvalue weighted by atomic mass is 10.1. The van der Waals surface area contributed by atoms with Gasteiger partial charge in [0.05, 0.1) is 32.6 Å². The Bertz CT molecular complexity index is 521. The molecule has 1 unspecified atom stereocenters. The zero-order chi connectivity index (χ0) is 17.5. The van der Waals surface area contributed by atoms with Gasteiger partial charge in [-0.05, 0) is 26.3 Å². The smallest absolute Gasteiger partial charge is 0.276 e. The van der Waals surface area contributed by atoms with Gasteiger partial charge < -0.3 is 14.2 Å². The molecule has 23 heavy (non-hydrogen) atoms. The number of hydrogen-bond donors (Lipinski definition) is 0. The lowest BCUT2D eigenvalue weighted by molar-refractivity contribution is 0.0809. The molecule has 4 heteroatoms. The Hall–Kier alpha value is -2.25. The van der Waals surface area contributed by atoms with E-state index >= 15 is 0 Å². The van der Waals surface area contributed by atoms with E-state index in [4.69, 9.17) is 14.2 Å². The first-order valence-corrected chi connectivity index (χ1v) is 7.40. The van der Waals surface area contributed by atoms with Gasteiger partial charge in [0.2, 0.25) is 0 Å². The van der Waals surface area contributed by atoms with Gasteiger partial charge in [0.15, 0.2) is 0 Å². The van der Waals surface area contributed by atoms with Crippen LogP contribution in [0.1, 0.15) is 32.4 Å². The van der Waals surface area contributed by atoms with Crippen molar-refractivity contribution >= 4 is 6.21 Å². The molecule has 0 radical (unpaired) electrons. The summed E-state index contributed by atoms with van der Waals surface area (Å²) in [6, 6.07) is 10.4. The van der Waals surface area contributed by atoms with E-state index in [-0.39, 0.29) is 12.1 Å². The van der Waals surface area contributed by atoms with Crippen molar-refractivity contribution in [2.24, 2.45) is 4.99 Å². The SMILES string of the molecule is CC#CC=N[C@H](C)c1ccccc1.COC(=CC(C)OC)OC. The van der Waals surface area contributed by atoms with E-state index in [9.17, 15) is 0 Å². The molecule has 1 aromatic rings. The number of hydrogen-bond acceptors (Lipinski definition) is 4. The average Bonchev–Trinajstić information content (AvgIpc) is 2.60. The summed E-state index contributed by atoms with van der Waals surface area (Å²) < 4.78 is 14.6. The highest BCUT2D eigenvalue weighted by atomic mass is 16.7. The Morgan fingerprint density at radius 1 is 1.09 bits per heavy atom. The molecule has 126 valence electrons. The van der Waals surface area contributed by atoms with Crippen LogP contribution >= 0.6 is 0 Å². The van der Waals surface area contributed by atoms with Crippen molar-refractivity contribution < 1.29 is 14.2 Å². The first kappa shape index (κ1) is 20.8. The molecule has 0 saturated heterocycles. The Balaban J connectivity index is 0.000000438. The zero-order valence-corrected chi connectivity index (χ0v) is 14.9. The van der Waals surface area contributed by atoms with Crippen molar-refractivity contribution in [1.82, 2.24) is 0 Å². The fourth-order valence-electron chi connectivity index (χ4n) is 1.51. The third kappa shape index (κ3) is 10.2. The summed E-state index contributed by atoms with van der Waals surface area (Å²) in [6.07, 6.45) is 3.44. The predicted molar refractivity (Wildman–Crippen MR) is 95.4 cm³/mol. The maximum atomic E-state index is 4.95. The highest BCUT2D eigenvalue weighted by Crippen LogP contribution is 2.14. The fourth-order valence-corrected chi connectivity index (χ4v) is 1.51. The lowest BCUT2D eigenvalue weighted by Gasteiger charge is -2.06. The van der Waals surface area contributed by atoms with Crippen LogP contribution in [0.2, 0.25) is 0 Å². The fraction of sp³-hybridized carbons (Fsp3) is 0.421. The molecule has 0 N–H and O–H groups in total. The summed E-state index contributed by atoms with van der Waals surface area (Å²) in [5.74, 6) is 6.06. The minimum absolute atomic E-state index is 0.0231. The largest absolute Gasteiger partial charge is 0.469 e. The molecule has 1 rings (SSSR count). The maximum absolute atomic E-state index is 4.95. The van der Waals surface area contributed by atoms with Crippen molar-refractivity contribution in [3.63, 3.8) is 0 Å². The van der Waals surface area contributed by atoms with E-state index < -0.39 is 0 Å². The molecule has 0 spiro atoms. The summed E-state index contributed by atoms with van der Waals surface area (Å²) in [6.45, 7) is 5.76. The van der Waals surface area contributed by atoms with Crippen LogP contribution in [-0.4, -0.2) is 33.6 Å². The van der Waals surface area contributed by atoms with Crippen LogP contribution in [-0.2, 0) is 14.2 Å². The van der Waals surface area contributed by atoms with Gasteiger partial charge in [-0.2, -0.15) is 0 Å². The molecule has 0 amide bonds. The van der Waals surface area contributed by atoms with E-state index in [0.29, 0.717) is 5.95 Å². The standard InChI is InChI=1S/C12H13N.C7H14O3/c1-3-4-10-13-11(2)12-8-6-5-7-9-12;1-6(8-2)5-7(9-3)10-4/h5-11H,1-2H3;5-6H,1-4H3/t11-;/m1./s1. The lowest BCUT2D eigenvalue weighted by Crippen LogP contribution is -2.03. The van der Waals surface area contributed by atoms with Crippen LogP contribution in [0.25, 0.3) is 0 Å². The minimum Gasteiger partial charge on any atom is -0.469 e. The van der Waals surface area contributed by atoms with Gasteiger partial charge in [0.25, 0.3) is 5.95 Å². The molecular weight excluding hydrogens is 290 g/mol. The van der Waals surface area contributed by atoms with Crippen LogP contribution in [0, 0.1) is 11.8 Å². The summed E-state index contributed by atoms with van der Waals surface area (Å²) in [7, 11) is 4.74. The number of nitrogens with zero attached hydrogens (tertiary/aromatic N) is 1. The number of aliphatic imine (C=N–C) groups is 1. The first-order chi connectivity index (χ1) is 11.1. The summed E-state index contributed by atoms with van der Waals surface area (Å²) in [4.78, 5) is 4.29. The molecule has 0 saturated carbocycles. The van der Waals surface area contributed by atoms with Crippen molar-refractivity contribution in [2.75, 3.05) is 21.3 Å². The molecule has 4 nitrogen and oxygen atoms in total. The van der Waals surface area contributed by atoms with Gasteiger partial charge in [-0.1, -0.05) is 36.3 Å². The van der Waals surface area contributed by atoms with E-state index in [1.165, 1.54) is 5.56 Å². The highest BCUT2D eigenvalue weighted by Gasteiger charge is 1.99. The Morgan fingerprint density at radius 3 is 2.17 bits per heavy atom. The molecule has 0 fully saturated rings. The number of ether oxygens (including phenoxy) is 3. The van der Waals surface area contributed by atoms with E-state index in [0.717, 1.165) is 0 Å². The molecule has 1 aromatic carbocycles. The quantitative estimate of drug-likeness (QED) is 0.452. The van der Waals surface area contributed by atoms with Crippen LogP contribution in [0.15, 0.2) is 47.3 Å². The van der Waals surface area contributed by atoms with Gasteiger partial charge in [0, 0.05) is 13.2 Å². The monoisotopic (exact) mass is 317 g/mol. The highest BCUT2D eigenvalue weighted by molar-refractivity contribution is 5.78. The summed E-state index contributed by atoms with van der Waals surface area (Å²) in [5.41, 5.74) is 1.22.